The summed E-state index contributed by atoms with van der Waals surface area (Å²) in [6.07, 6.45) is 0. The number of likely N-dealkylation sites (N-methyl/N-ethyl adjacent to an activating group) is 1. The number of aryl methyl sites for hydroxylation is 1. The summed E-state index contributed by atoms with van der Waals surface area (Å²) < 4.78 is 0. The van der Waals surface area contributed by atoms with Crippen molar-refractivity contribution in [1.82, 2.24) is 9.80 Å². The van der Waals surface area contributed by atoms with E-state index in [1.54, 1.807) is 0 Å². The number of hydrogen-bond acceptors (Lipinski definition) is 4. The number of piperazine rings is 1. The molecule has 116 valence electrons. The summed E-state index contributed by atoms with van der Waals surface area (Å²) in [7, 11) is 0. The fourth-order valence-electron chi connectivity index (χ4n) is 2.60. The minimum atomic E-state index is -0.119. The molecule has 0 bridgehead atoms. The van der Waals surface area contributed by atoms with E-state index < -0.39 is 0 Å². The minimum Gasteiger partial charge on any atom is -0.398 e. The summed E-state index contributed by atoms with van der Waals surface area (Å²) in [5.74, 6) is 0.0307. The maximum absolute atomic E-state index is 12.4. The molecule has 5 nitrogen and oxygen atoms in total. The molecule has 1 heterocycles. The van der Waals surface area contributed by atoms with Crippen molar-refractivity contribution < 1.29 is 4.79 Å². The highest BCUT2D eigenvalue weighted by atomic mass is 16.2. The van der Waals surface area contributed by atoms with Crippen LogP contribution in [0.15, 0.2) is 18.2 Å². The summed E-state index contributed by atoms with van der Waals surface area (Å²) in [5, 5.41) is 2.96. The molecule has 1 aromatic carbocycles. The van der Waals surface area contributed by atoms with Gasteiger partial charge < -0.3 is 16.0 Å². The molecule has 1 aromatic rings. The Morgan fingerprint density at radius 3 is 2.57 bits per heavy atom. The van der Waals surface area contributed by atoms with Gasteiger partial charge in [-0.15, -0.1) is 0 Å². The largest absolute Gasteiger partial charge is 0.398 e. The second kappa shape index (κ2) is 6.91. The number of nitrogen functional groups attached to an aromatic ring is 1. The van der Waals surface area contributed by atoms with Gasteiger partial charge in [0.1, 0.15) is 0 Å². The Morgan fingerprint density at radius 2 is 2.00 bits per heavy atom. The zero-order valence-electron chi connectivity index (χ0n) is 13.2. The number of nitrogens with two attached hydrogens (primary N) is 1. The van der Waals surface area contributed by atoms with Crippen LogP contribution in [0.2, 0.25) is 0 Å². The van der Waals surface area contributed by atoms with Gasteiger partial charge in [-0.3, -0.25) is 9.69 Å². The lowest BCUT2D eigenvalue weighted by Crippen LogP contribution is -2.52. The topological polar surface area (TPSA) is 61.6 Å². The quantitative estimate of drug-likeness (QED) is 0.826. The maximum atomic E-state index is 12.4. The third-order valence-electron chi connectivity index (χ3n) is 4.33. The molecule has 0 radical (unpaired) electrons. The Balaban J connectivity index is 1.92. The number of benzene rings is 1. The first-order valence-corrected chi connectivity index (χ1v) is 7.64. The van der Waals surface area contributed by atoms with Crippen LogP contribution in [0.3, 0.4) is 0 Å². The van der Waals surface area contributed by atoms with Gasteiger partial charge in [0.2, 0.25) is 5.91 Å². The highest BCUT2D eigenvalue weighted by Crippen LogP contribution is 2.17. The summed E-state index contributed by atoms with van der Waals surface area (Å²) in [4.78, 5) is 17.0. The summed E-state index contributed by atoms with van der Waals surface area (Å²) in [6, 6.07) is 5.52. The molecular weight excluding hydrogens is 264 g/mol. The monoisotopic (exact) mass is 290 g/mol. The molecule has 5 heteroatoms. The van der Waals surface area contributed by atoms with Crippen LogP contribution in [0, 0.1) is 6.92 Å². The van der Waals surface area contributed by atoms with Gasteiger partial charge in [0.05, 0.1) is 6.04 Å². The molecule has 1 unspecified atom stereocenters. The predicted molar refractivity (Wildman–Crippen MR) is 87.4 cm³/mol. The van der Waals surface area contributed by atoms with E-state index in [4.69, 9.17) is 5.73 Å². The average molecular weight is 290 g/mol. The average Bonchev–Trinajstić information content (AvgIpc) is 2.50. The SMILES string of the molecule is CCN1CCN(C(C)C(=O)Nc2ccc(C)c(N)c2)CC1. The van der Waals surface area contributed by atoms with Crippen LogP contribution in [-0.2, 0) is 4.79 Å². The first kappa shape index (κ1) is 15.8. The Hall–Kier alpha value is -1.59. The van der Waals surface area contributed by atoms with E-state index >= 15 is 0 Å². The van der Waals surface area contributed by atoms with Gasteiger partial charge in [-0.1, -0.05) is 13.0 Å². The van der Waals surface area contributed by atoms with E-state index in [1.165, 1.54) is 0 Å². The van der Waals surface area contributed by atoms with E-state index in [-0.39, 0.29) is 11.9 Å². The lowest BCUT2D eigenvalue weighted by Gasteiger charge is -2.36. The molecule has 1 fully saturated rings. The van der Waals surface area contributed by atoms with Gasteiger partial charge in [0, 0.05) is 37.6 Å². The van der Waals surface area contributed by atoms with Crippen molar-refractivity contribution >= 4 is 17.3 Å². The Morgan fingerprint density at radius 1 is 1.33 bits per heavy atom. The lowest BCUT2D eigenvalue weighted by molar-refractivity contribution is -0.121. The molecule has 1 saturated heterocycles. The van der Waals surface area contributed by atoms with E-state index in [0.717, 1.165) is 44.0 Å². The lowest BCUT2D eigenvalue weighted by atomic mass is 10.1. The Kier molecular flexibility index (Phi) is 5.20. The van der Waals surface area contributed by atoms with Crippen LogP contribution in [0.5, 0.6) is 0 Å². The fraction of sp³-hybridized carbons (Fsp3) is 0.562. The van der Waals surface area contributed by atoms with Crippen molar-refractivity contribution in [3.8, 4) is 0 Å². The molecule has 2 rings (SSSR count). The smallest absolute Gasteiger partial charge is 0.241 e. The highest BCUT2D eigenvalue weighted by Gasteiger charge is 2.25. The second-order valence-corrected chi connectivity index (χ2v) is 5.71. The third-order valence-corrected chi connectivity index (χ3v) is 4.33. The zero-order chi connectivity index (χ0) is 15.4. The number of carbonyl (C=O) groups is 1. The number of rotatable bonds is 4. The van der Waals surface area contributed by atoms with Crippen LogP contribution in [0.25, 0.3) is 0 Å². The Bertz CT molecular complexity index is 495. The van der Waals surface area contributed by atoms with Crippen LogP contribution >= 0.6 is 0 Å². The first-order chi connectivity index (χ1) is 10.0. The number of nitrogens with zero attached hydrogens (tertiary/aromatic N) is 2. The van der Waals surface area contributed by atoms with E-state index in [1.807, 2.05) is 32.0 Å². The minimum absolute atomic E-state index is 0.0307. The fourth-order valence-corrected chi connectivity index (χ4v) is 2.60. The molecular formula is C16H26N4O. The van der Waals surface area contributed by atoms with Crippen LogP contribution in [-0.4, -0.2) is 54.5 Å². The standard InChI is InChI=1S/C16H26N4O/c1-4-19-7-9-20(10-8-19)13(3)16(21)18-14-6-5-12(2)15(17)11-14/h5-6,11,13H,4,7-10,17H2,1-3H3,(H,18,21). The van der Waals surface area contributed by atoms with Gasteiger partial charge >= 0.3 is 0 Å². The molecule has 0 aliphatic carbocycles. The van der Waals surface area contributed by atoms with Crippen molar-refractivity contribution in [3.63, 3.8) is 0 Å². The van der Waals surface area contributed by atoms with Crippen molar-refractivity contribution in [2.24, 2.45) is 0 Å². The molecule has 21 heavy (non-hydrogen) atoms. The van der Waals surface area contributed by atoms with E-state index in [2.05, 4.69) is 22.0 Å². The molecule has 1 atom stereocenters. The van der Waals surface area contributed by atoms with Crippen molar-refractivity contribution in [3.05, 3.63) is 23.8 Å². The highest BCUT2D eigenvalue weighted by molar-refractivity contribution is 5.95. The predicted octanol–water partition coefficient (Wildman–Crippen LogP) is 1.54. The third kappa shape index (κ3) is 3.95. The van der Waals surface area contributed by atoms with Gasteiger partial charge in [-0.25, -0.2) is 0 Å². The molecule has 3 N–H and O–H groups in total. The van der Waals surface area contributed by atoms with Gasteiger partial charge in [-0.05, 0) is 38.1 Å². The number of nitrogens with one attached hydrogen (secondary N) is 1. The maximum Gasteiger partial charge on any atom is 0.241 e. The molecule has 1 aliphatic rings. The summed E-state index contributed by atoms with van der Waals surface area (Å²) in [5.41, 5.74) is 8.37. The summed E-state index contributed by atoms with van der Waals surface area (Å²) in [6.45, 7) is 11.1. The number of amides is 1. The Labute approximate surface area is 127 Å². The molecule has 1 amide bonds. The van der Waals surface area contributed by atoms with E-state index in [0.29, 0.717) is 5.69 Å². The normalized spacial score (nSPS) is 18.4. The number of carbonyl (C=O) groups excluding carboxylic acids is 1. The molecule has 0 spiro atoms. The van der Waals surface area contributed by atoms with Crippen LogP contribution in [0.4, 0.5) is 11.4 Å². The van der Waals surface area contributed by atoms with Gasteiger partial charge in [0.15, 0.2) is 0 Å². The van der Waals surface area contributed by atoms with Gasteiger partial charge in [-0.2, -0.15) is 0 Å². The number of anilines is 2. The second-order valence-electron chi connectivity index (χ2n) is 5.71. The molecule has 0 aromatic heterocycles. The molecule has 1 aliphatic heterocycles. The van der Waals surface area contributed by atoms with Crippen molar-refractivity contribution in [2.45, 2.75) is 26.8 Å². The van der Waals surface area contributed by atoms with E-state index in [9.17, 15) is 4.79 Å². The van der Waals surface area contributed by atoms with Crippen LogP contribution in [0.1, 0.15) is 19.4 Å². The summed E-state index contributed by atoms with van der Waals surface area (Å²) >= 11 is 0. The number of hydrogen-bond donors (Lipinski definition) is 2. The van der Waals surface area contributed by atoms with Crippen LogP contribution < -0.4 is 11.1 Å². The first-order valence-electron chi connectivity index (χ1n) is 7.64. The zero-order valence-corrected chi connectivity index (χ0v) is 13.2. The van der Waals surface area contributed by atoms with Gasteiger partial charge in [0.25, 0.3) is 0 Å². The van der Waals surface area contributed by atoms with Crippen molar-refractivity contribution in [1.29, 1.82) is 0 Å². The van der Waals surface area contributed by atoms with Crippen molar-refractivity contribution in [2.75, 3.05) is 43.8 Å². The molecule has 0 saturated carbocycles.